The highest BCUT2D eigenvalue weighted by atomic mass is 32.1. The number of benzene rings is 1. The van der Waals surface area contributed by atoms with Crippen LogP contribution in [0.2, 0.25) is 0 Å². The lowest BCUT2D eigenvalue weighted by molar-refractivity contribution is 0.171. The van der Waals surface area contributed by atoms with Gasteiger partial charge in [0.15, 0.2) is 11.5 Å². The van der Waals surface area contributed by atoms with E-state index in [0.29, 0.717) is 19.3 Å². The van der Waals surface area contributed by atoms with Crippen molar-refractivity contribution in [2.45, 2.75) is 25.9 Å². The Hall–Kier alpha value is -1.52. The van der Waals surface area contributed by atoms with Crippen molar-refractivity contribution in [3.63, 3.8) is 0 Å². The third-order valence-electron chi connectivity index (χ3n) is 3.54. The van der Waals surface area contributed by atoms with E-state index in [1.165, 1.54) is 10.4 Å². The smallest absolute Gasteiger partial charge is 0.161 e. The summed E-state index contributed by atoms with van der Waals surface area (Å²) in [4.78, 5) is 1.36. The Labute approximate surface area is 123 Å². The Kier molecular flexibility index (Phi) is 3.94. The molecule has 2 atom stereocenters. The van der Waals surface area contributed by atoms with Crippen LogP contribution in [0.15, 0.2) is 35.7 Å². The molecule has 20 heavy (non-hydrogen) atoms. The average Bonchev–Trinajstić information content (AvgIpc) is 3.01. The summed E-state index contributed by atoms with van der Waals surface area (Å²) < 4.78 is 11.2. The van der Waals surface area contributed by atoms with Crippen molar-refractivity contribution in [3.05, 3.63) is 46.2 Å². The van der Waals surface area contributed by atoms with Gasteiger partial charge in [-0.25, -0.2) is 0 Å². The predicted molar refractivity (Wildman–Crippen MR) is 81.7 cm³/mol. The van der Waals surface area contributed by atoms with Crippen LogP contribution in [-0.2, 0) is 0 Å². The van der Waals surface area contributed by atoms with Crippen molar-refractivity contribution in [2.24, 2.45) is 0 Å². The predicted octanol–water partition coefficient (Wildman–Crippen LogP) is 3.93. The first-order valence-corrected chi connectivity index (χ1v) is 7.81. The Bertz CT molecular complexity index is 568. The fourth-order valence-electron chi connectivity index (χ4n) is 2.42. The summed E-state index contributed by atoms with van der Waals surface area (Å²) in [6, 6.07) is 11.0. The molecule has 4 heteroatoms. The summed E-state index contributed by atoms with van der Waals surface area (Å²) >= 11 is 1.78. The number of ether oxygens (including phenoxy) is 2. The second-order valence-electron chi connectivity index (χ2n) is 5.03. The number of nitrogens with one attached hydrogen (secondary N) is 1. The van der Waals surface area contributed by atoms with Crippen molar-refractivity contribution in [3.8, 4) is 11.5 Å². The maximum atomic E-state index is 5.64. The monoisotopic (exact) mass is 289 g/mol. The van der Waals surface area contributed by atoms with Gasteiger partial charge in [-0.05, 0) is 43.0 Å². The summed E-state index contributed by atoms with van der Waals surface area (Å²) in [6.45, 7) is 5.63. The molecule has 2 aromatic rings. The minimum Gasteiger partial charge on any atom is -0.486 e. The molecule has 0 amide bonds. The Morgan fingerprint density at radius 1 is 1.05 bits per heavy atom. The maximum Gasteiger partial charge on any atom is 0.161 e. The van der Waals surface area contributed by atoms with Crippen molar-refractivity contribution in [2.75, 3.05) is 13.2 Å². The molecule has 106 valence electrons. The molecule has 0 saturated carbocycles. The maximum absolute atomic E-state index is 5.64. The molecule has 1 aliphatic heterocycles. The van der Waals surface area contributed by atoms with E-state index in [9.17, 15) is 0 Å². The first-order valence-electron chi connectivity index (χ1n) is 6.93. The van der Waals surface area contributed by atoms with Gasteiger partial charge < -0.3 is 14.8 Å². The number of rotatable bonds is 4. The first-order chi connectivity index (χ1) is 9.74. The summed E-state index contributed by atoms with van der Waals surface area (Å²) in [7, 11) is 0. The van der Waals surface area contributed by atoms with E-state index < -0.39 is 0 Å². The van der Waals surface area contributed by atoms with Gasteiger partial charge in [-0.15, -0.1) is 11.3 Å². The summed E-state index contributed by atoms with van der Waals surface area (Å²) in [5.41, 5.74) is 1.22. The fourth-order valence-corrected chi connectivity index (χ4v) is 3.16. The molecule has 0 aliphatic carbocycles. The van der Waals surface area contributed by atoms with Crippen molar-refractivity contribution < 1.29 is 9.47 Å². The van der Waals surface area contributed by atoms with E-state index in [4.69, 9.17) is 9.47 Å². The molecule has 0 spiro atoms. The summed E-state index contributed by atoms with van der Waals surface area (Å²) in [6.07, 6.45) is 0. The van der Waals surface area contributed by atoms with Crippen LogP contribution in [0, 0.1) is 0 Å². The normalized spacial score (nSPS) is 16.7. The van der Waals surface area contributed by atoms with Crippen LogP contribution in [0.1, 0.15) is 36.4 Å². The van der Waals surface area contributed by atoms with E-state index in [2.05, 4.69) is 48.8 Å². The second-order valence-corrected chi connectivity index (χ2v) is 6.01. The van der Waals surface area contributed by atoms with E-state index in [1.807, 2.05) is 6.07 Å². The average molecular weight is 289 g/mol. The van der Waals surface area contributed by atoms with Gasteiger partial charge in [0.2, 0.25) is 0 Å². The molecule has 1 aromatic carbocycles. The van der Waals surface area contributed by atoms with Crippen LogP contribution < -0.4 is 14.8 Å². The first kappa shape index (κ1) is 13.5. The van der Waals surface area contributed by atoms with Gasteiger partial charge in [0, 0.05) is 17.0 Å². The largest absolute Gasteiger partial charge is 0.486 e. The van der Waals surface area contributed by atoms with E-state index in [0.717, 1.165) is 11.5 Å². The molecule has 1 aromatic heterocycles. The quantitative estimate of drug-likeness (QED) is 0.925. The number of fused-ring (bicyclic) bond motifs is 1. The molecule has 2 heterocycles. The number of hydrogen-bond donors (Lipinski definition) is 1. The third kappa shape index (κ3) is 2.81. The van der Waals surface area contributed by atoms with Gasteiger partial charge in [-0.3, -0.25) is 0 Å². The molecule has 0 saturated heterocycles. The minimum absolute atomic E-state index is 0.267. The van der Waals surface area contributed by atoms with Crippen LogP contribution in [0.4, 0.5) is 0 Å². The minimum atomic E-state index is 0.267. The molecule has 3 rings (SSSR count). The number of thiophene rings is 1. The zero-order valence-corrected chi connectivity index (χ0v) is 12.6. The van der Waals surface area contributed by atoms with Crippen molar-refractivity contribution in [1.82, 2.24) is 5.32 Å². The van der Waals surface area contributed by atoms with Gasteiger partial charge in [0.25, 0.3) is 0 Å². The zero-order valence-electron chi connectivity index (χ0n) is 11.8. The van der Waals surface area contributed by atoms with Crippen molar-refractivity contribution >= 4 is 11.3 Å². The summed E-state index contributed by atoms with van der Waals surface area (Å²) in [5, 5.41) is 5.73. The highest BCUT2D eigenvalue weighted by molar-refractivity contribution is 7.10. The van der Waals surface area contributed by atoms with Crippen LogP contribution in [0.5, 0.6) is 11.5 Å². The van der Waals surface area contributed by atoms with Gasteiger partial charge in [-0.1, -0.05) is 12.1 Å². The van der Waals surface area contributed by atoms with Gasteiger partial charge in [0.05, 0.1) is 0 Å². The van der Waals surface area contributed by atoms with Gasteiger partial charge >= 0.3 is 0 Å². The van der Waals surface area contributed by atoms with Gasteiger partial charge in [0.1, 0.15) is 13.2 Å². The van der Waals surface area contributed by atoms with Crippen LogP contribution in [0.25, 0.3) is 0 Å². The molecule has 1 unspecified atom stereocenters. The molecular weight excluding hydrogens is 270 g/mol. The Morgan fingerprint density at radius 3 is 2.60 bits per heavy atom. The van der Waals surface area contributed by atoms with Gasteiger partial charge in [-0.2, -0.15) is 0 Å². The highest BCUT2D eigenvalue weighted by Gasteiger charge is 2.16. The molecule has 1 N–H and O–H groups in total. The van der Waals surface area contributed by atoms with Crippen LogP contribution >= 0.6 is 11.3 Å². The van der Waals surface area contributed by atoms with Crippen molar-refractivity contribution in [1.29, 1.82) is 0 Å². The van der Waals surface area contributed by atoms with E-state index in [-0.39, 0.29) is 6.04 Å². The molecule has 0 radical (unpaired) electrons. The second kappa shape index (κ2) is 5.85. The molecule has 3 nitrogen and oxygen atoms in total. The lowest BCUT2D eigenvalue weighted by atomic mass is 10.1. The van der Waals surface area contributed by atoms with Crippen LogP contribution in [-0.4, -0.2) is 13.2 Å². The molecule has 0 bridgehead atoms. The standard InChI is InChI=1S/C16H19NO2S/c1-11(17-12(2)16-4-3-9-20-16)13-5-6-14-15(10-13)19-8-7-18-14/h3-6,9-12,17H,7-8H2,1-2H3/t11?,12-/m0/s1. The lowest BCUT2D eigenvalue weighted by Gasteiger charge is -2.23. The molecule has 1 aliphatic rings. The highest BCUT2D eigenvalue weighted by Crippen LogP contribution is 2.33. The Balaban J connectivity index is 1.72. The SMILES string of the molecule is CC(N[C@@H](C)c1cccs1)c1ccc2c(c1)OCCO2. The van der Waals surface area contributed by atoms with Crippen LogP contribution in [0.3, 0.4) is 0 Å². The third-order valence-corrected chi connectivity index (χ3v) is 4.59. The zero-order chi connectivity index (χ0) is 13.9. The molecular formula is C16H19NO2S. The Morgan fingerprint density at radius 2 is 1.85 bits per heavy atom. The lowest BCUT2D eigenvalue weighted by Crippen LogP contribution is -2.22. The number of hydrogen-bond acceptors (Lipinski definition) is 4. The van der Waals surface area contributed by atoms with E-state index in [1.54, 1.807) is 11.3 Å². The fraction of sp³-hybridized carbons (Fsp3) is 0.375. The molecule has 0 fully saturated rings. The topological polar surface area (TPSA) is 30.5 Å². The summed E-state index contributed by atoms with van der Waals surface area (Å²) in [5.74, 6) is 1.70. The van der Waals surface area contributed by atoms with E-state index >= 15 is 0 Å².